The molecule has 7 nitrogen and oxygen atoms in total. The smallest absolute Gasteiger partial charge is 0.293 e. The zero-order valence-electron chi connectivity index (χ0n) is 12.4. The average molecular weight is 300 g/mol. The molecule has 7 heteroatoms. The first kappa shape index (κ1) is 13.4. The maximum Gasteiger partial charge on any atom is 0.293 e. The number of nitrogens with two attached hydrogens (primary N) is 1. The predicted molar refractivity (Wildman–Crippen MR) is 84.0 cm³/mol. The van der Waals surface area contributed by atoms with Gasteiger partial charge in [-0.2, -0.15) is 5.10 Å². The van der Waals surface area contributed by atoms with Gasteiger partial charge in [0.15, 0.2) is 5.82 Å². The zero-order valence-corrected chi connectivity index (χ0v) is 12.4. The lowest BCUT2D eigenvalue weighted by Crippen LogP contribution is -2.38. The first-order valence-electron chi connectivity index (χ1n) is 7.85. The number of aromatic nitrogens is 4. The second-order valence-corrected chi connectivity index (χ2v) is 6.20. The average Bonchev–Trinajstić information content (AvgIpc) is 3.29. The molecule has 0 radical (unpaired) electrons. The molecular weight excluding hydrogens is 280 g/mol. The summed E-state index contributed by atoms with van der Waals surface area (Å²) in [7, 11) is 0. The highest BCUT2D eigenvalue weighted by Crippen LogP contribution is 2.34. The van der Waals surface area contributed by atoms with Crippen LogP contribution in [-0.2, 0) is 0 Å². The molecular formula is C15H20N6O. The summed E-state index contributed by atoms with van der Waals surface area (Å²) in [4.78, 5) is 19.0. The van der Waals surface area contributed by atoms with E-state index in [1.165, 1.54) is 0 Å². The van der Waals surface area contributed by atoms with E-state index in [1.807, 2.05) is 16.8 Å². The Hall–Kier alpha value is -2.31. The molecule has 0 unspecified atom stereocenters. The lowest BCUT2D eigenvalue weighted by atomic mass is 9.93. The minimum Gasteiger partial charge on any atom is -0.382 e. The molecule has 2 fully saturated rings. The monoisotopic (exact) mass is 300 g/mol. The molecule has 0 atom stereocenters. The van der Waals surface area contributed by atoms with Crippen LogP contribution in [0.4, 0.5) is 11.6 Å². The molecule has 4 rings (SSSR count). The van der Waals surface area contributed by atoms with Crippen LogP contribution < -0.4 is 16.2 Å². The summed E-state index contributed by atoms with van der Waals surface area (Å²) >= 11 is 0. The standard InChI is InChI=1S/C15H20N6O/c16-13-9-12(18-19-13)10-3-6-20(7-4-10)14-15(22)21(8-5-17-14)11-1-2-11/h5,8-11H,1-4,6-7H2,(H3,16,18,19). The minimum absolute atomic E-state index is 0.0502. The quantitative estimate of drug-likeness (QED) is 0.890. The molecule has 22 heavy (non-hydrogen) atoms. The van der Waals surface area contributed by atoms with Gasteiger partial charge in [-0.05, 0) is 25.7 Å². The van der Waals surface area contributed by atoms with Crippen LogP contribution in [0.5, 0.6) is 0 Å². The molecule has 116 valence electrons. The van der Waals surface area contributed by atoms with Gasteiger partial charge < -0.3 is 15.2 Å². The Morgan fingerprint density at radius 1 is 1.23 bits per heavy atom. The third kappa shape index (κ3) is 2.36. The maximum absolute atomic E-state index is 12.5. The van der Waals surface area contributed by atoms with Gasteiger partial charge in [0.2, 0.25) is 0 Å². The number of hydrogen-bond donors (Lipinski definition) is 2. The summed E-state index contributed by atoms with van der Waals surface area (Å²) in [5, 5.41) is 6.99. The van der Waals surface area contributed by atoms with Gasteiger partial charge in [-0.1, -0.05) is 0 Å². The van der Waals surface area contributed by atoms with Crippen molar-refractivity contribution in [2.45, 2.75) is 37.6 Å². The topological polar surface area (TPSA) is 92.8 Å². The number of nitrogen functional groups attached to an aromatic ring is 1. The molecule has 2 aliphatic rings. The normalized spacial score (nSPS) is 19.5. The van der Waals surface area contributed by atoms with Gasteiger partial charge in [-0.25, -0.2) is 4.98 Å². The van der Waals surface area contributed by atoms with E-state index in [-0.39, 0.29) is 5.56 Å². The third-order valence-corrected chi connectivity index (χ3v) is 4.64. The van der Waals surface area contributed by atoms with E-state index in [0.29, 0.717) is 23.6 Å². The van der Waals surface area contributed by atoms with E-state index < -0.39 is 0 Å². The van der Waals surface area contributed by atoms with Crippen LogP contribution in [0.2, 0.25) is 0 Å². The summed E-state index contributed by atoms with van der Waals surface area (Å²) in [6.45, 7) is 1.67. The van der Waals surface area contributed by atoms with Crippen LogP contribution in [0.15, 0.2) is 23.3 Å². The fourth-order valence-corrected chi connectivity index (χ4v) is 3.24. The van der Waals surface area contributed by atoms with E-state index in [2.05, 4.69) is 20.1 Å². The molecule has 0 spiro atoms. The van der Waals surface area contributed by atoms with E-state index in [9.17, 15) is 4.79 Å². The first-order chi connectivity index (χ1) is 10.7. The van der Waals surface area contributed by atoms with Gasteiger partial charge in [0, 0.05) is 49.2 Å². The lowest BCUT2D eigenvalue weighted by Gasteiger charge is -2.31. The van der Waals surface area contributed by atoms with Crippen molar-refractivity contribution in [3.8, 4) is 0 Å². The Morgan fingerprint density at radius 3 is 2.64 bits per heavy atom. The van der Waals surface area contributed by atoms with Crippen LogP contribution in [0, 0.1) is 0 Å². The first-order valence-corrected chi connectivity index (χ1v) is 7.85. The van der Waals surface area contributed by atoms with Gasteiger partial charge in [0.25, 0.3) is 5.56 Å². The Bertz CT molecular complexity index is 724. The summed E-state index contributed by atoms with van der Waals surface area (Å²) in [5.74, 6) is 1.56. The van der Waals surface area contributed by atoms with Crippen molar-refractivity contribution >= 4 is 11.6 Å². The van der Waals surface area contributed by atoms with Gasteiger partial charge >= 0.3 is 0 Å². The van der Waals surface area contributed by atoms with Crippen molar-refractivity contribution < 1.29 is 0 Å². The van der Waals surface area contributed by atoms with Gasteiger partial charge in [-0.3, -0.25) is 9.89 Å². The maximum atomic E-state index is 12.5. The number of nitrogens with one attached hydrogen (secondary N) is 1. The molecule has 3 N–H and O–H groups in total. The molecule has 2 aromatic heterocycles. The molecule has 0 amide bonds. The molecule has 1 saturated carbocycles. The summed E-state index contributed by atoms with van der Waals surface area (Å²) < 4.78 is 1.84. The van der Waals surface area contributed by atoms with E-state index >= 15 is 0 Å². The number of rotatable bonds is 3. The van der Waals surface area contributed by atoms with Gasteiger partial charge in [0.1, 0.15) is 5.82 Å². The van der Waals surface area contributed by atoms with Crippen LogP contribution in [0.25, 0.3) is 0 Å². The van der Waals surface area contributed by atoms with Crippen LogP contribution in [0.1, 0.15) is 43.3 Å². The number of anilines is 2. The molecule has 1 saturated heterocycles. The number of aromatic amines is 1. The summed E-state index contributed by atoms with van der Waals surface area (Å²) in [5.41, 5.74) is 6.81. The largest absolute Gasteiger partial charge is 0.382 e. The molecule has 3 heterocycles. The second-order valence-electron chi connectivity index (χ2n) is 6.20. The number of nitrogens with zero attached hydrogens (tertiary/aromatic N) is 4. The highest BCUT2D eigenvalue weighted by molar-refractivity contribution is 5.38. The van der Waals surface area contributed by atoms with E-state index in [1.54, 1.807) is 6.20 Å². The number of hydrogen-bond acceptors (Lipinski definition) is 5. The molecule has 2 aromatic rings. The fourth-order valence-electron chi connectivity index (χ4n) is 3.24. The SMILES string of the molecule is Nc1cc(C2CCN(c3nccn(C4CC4)c3=O)CC2)[nH]n1. The Kier molecular flexibility index (Phi) is 3.13. The fraction of sp³-hybridized carbons (Fsp3) is 0.533. The Morgan fingerprint density at radius 2 is 2.00 bits per heavy atom. The van der Waals surface area contributed by atoms with Gasteiger partial charge in [-0.15, -0.1) is 0 Å². The van der Waals surface area contributed by atoms with E-state index in [0.717, 1.165) is 44.5 Å². The number of H-pyrrole nitrogens is 1. The summed E-state index contributed by atoms with van der Waals surface area (Å²) in [6, 6.07) is 2.29. The highest BCUT2D eigenvalue weighted by atomic mass is 16.1. The van der Waals surface area contributed by atoms with Crippen molar-refractivity contribution in [1.29, 1.82) is 0 Å². The van der Waals surface area contributed by atoms with E-state index in [4.69, 9.17) is 5.73 Å². The lowest BCUT2D eigenvalue weighted by molar-refractivity contribution is 0.490. The minimum atomic E-state index is 0.0502. The zero-order chi connectivity index (χ0) is 15.1. The number of piperidine rings is 1. The van der Waals surface area contributed by atoms with Crippen molar-refractivity contribution in [1.82, 2.24) is 19.7 Å². The van der Waals surface area contributed by atoms with Crippen LogP contribution in [0.3, 0.4) is 0 Å². The predicted octanol–water partition coefficient (Wildman–Crippen LogP) is 1.27. The Balaban J connectivity index is 1.50. The van der Waals surface area contributed by atoms with Gasteiger partial charge in [0.05, 0.1) is 0 Å². The van der Waals surface area contributed by atoms with Crippen LogP contribution >= 0.6 is 0 Å². The van der Waals surface area contributed by atoms with Crippen molar-refractivity contribution in [3.05, 3.63) is 34.5 Å². The van der Waals surface area contributed by atoms with Crippen molar-refractivity contribution in [2.75, 3.05) is 23.7 Å². The molecule has 0 aromatic carbocycles. The van der Waals surface area contributed by atoms with Crippen molar-refractivity contribution in [3.63, 3.8) is 0 Å². The molecule has 1 aliphatic carbocycles. The third-order valence-electron chi connectivity index (χ3n) is 4.64. The molecule has 1 aliphatic heterocycles. The second kappa shape index (κ2) is 5.15. The van der Waals surface area contributed by atoms with Crippen LogP contribution in [-0.4, -0.2) is 32.8 Å². The van der Waals surface area contributed by atoms with Crippen molar-refractivity contribution in [2.24, 2.45) is 0 Å². The summed E-state index contributed by atoms with van der Waals surface area (Å²) in [6.07, 6.45) is 7.71. The molecule has 0 bridgehead atoms. The Labute approximate surface area is 128 Å². The highest BCUT2D eigenvalue weighted by Gasteiger charge is 2.28.